The topological polar surface area (TPSA) is 54.1 Å². The minimum atomic E-state index is -0.647. The monoisotopic (exact) mass is 394 g/mol. The Morgan fingerprint density at radius 2 is 1.73 bits per heavy atom. The second-order valence-corrected chi connectivity index (χ2v) is 7.55. The summed E-state index contributed by atoms with van der Waals surface area (Å²) in [4.78, 5) is 16.1. The number of hydrogen-bond acceptors (Lipinski definition) is 2. The molecule has 30 heavy (non-hydrogen) atoms. The summed E-state index contributed by atoms with van der Waals surface area (Å²) in [5, 5.41) is 4.26. The van der Waals surface area contributed by atoms with Crippen molar-refractivity contribution in [1.29, 1.82) is 0 Å². The molecule has 4 aromatic rings. The van der Waals surface area contributed by atoms with Gasteiger partial charge in [-0.2, -0.15) is 0 Å². The lowest BCUT2D eigenvalue weighted by atomic mass is 9.81. The van der Waals surface area contributed by atoms with E-state index in [1.807, 2.05) is 79.0 Å². The van der Waals surface area contributed by atoms with E-state index in [9.17, 15) is 4.79 Å². The van der Waals surface area contributed by atoms with E-state index in [4.69, 9.17) is 4.74 Å². The van der Waals surface area contributed by atoms with E-state index < -0.39 is 5.54 Å². The number of nitrogens with one attached hydrogen (secondary N) is 2. The van der Waals surface area contributed by atoms with Crippen LogP contribution in [0.2, 0.25) is 0 Å². The molecule has 0 saturated carbocycles. The average molecular weight is 394 g/mol. The number of fused-ring (bicyclic) bond motifs is 2. The minimum Gasteiger partial charge on any atom is -0.487 e. The zero-order valence-corrected chi connectivity index (χ0v) is 16.5. The Bertz CT molecular complexity index is 1240. The van der Waals surface area contributed by atoms with Gasteiger partial charge in [-0.15, -0.1) is 6.58 Å². The number of para-hydroxylation sites is 1. The lowest BCUT2D eigenvalue weighted by Crippen LogP contribution is -2.39. The number of H-pyrrole nitrogens is 1. The van der Waals surface area contributed by atoms with Gasteiger partial charge >= 0.3 is 0 Å². The predicted molar refractivity (Wildman–Crippen MR) is 119 cm³/mol. The van der Waals surface area contributed by atoms with Crippen LogP contribution in [-0.2, 0) is 12.1 Å². The van der Waals surface area contributed by atoms with E-state index in [1.54, 1.807) is 0 Å². The lowest BCUT2D eigenvalue weighted by molar-refractivity contribution is 0.0941. The minimum absolute atomic E-state index is 0.0571. The summed E-state index contributed by atoms with van der Waals surface area (Å²) in [7, 11) is 0. The maximum absolute atomic E-state index is 12.7. The molecule has 4 heteroatoms. The molecule has 148 valence electrons. The fourth-order valence-electron chi connectivity index (χ4n) is 4.42. The Morgan fingerprint density at radius 3 is 2.57 bits per heavy atom. The Balaban J connectivity index is 1.59. The summed E-state index contributed by atoms with van der Waals surface area (Å²) in [6.07, 6.45) is 4.43. The second kappa shape index (κ2) is 7.23. The summed E-state index contributed by atoms with van der Waals surface area (Å²) in [5.74, 6) is 0.729. The normalized spacial score (nSPS) is 17.5. The van der Waals surface area contributed by atoms with Gasteiger partial charge in [-0.05, 0) is 29.7 Å². The molecular formula is C26H22N2O2. The SMILES string of the molecule is C=CC[C@@]1(c2c[nH]c3c(OCc4ccccc4)cccc23)NC(=O)c2ccccc21. The molecule has 0 aliphatic carbocycles. The average Bonchev–Trinajstić information content (AvgIpc) is 3.34. The van der Waals surface area contributed by atoms with E-state index in [1.165, 1.54) is 0 Å². The Labute approximate surface area is 175 Å². The molecule has 1 atom stereocenters. The van der Waals surface area contributed by atoms with Crippen LogP contribution in [0.25, 0.3) is 10.9 Å². The first-order valence-electron chi connectivity index (χ1n) is 10.0. The molecule has 0 radical (unpaired) electrons. The zero-order chi connectivity index (χ0) is 20.6. The molecule has 5 rings (SSSR count). The number of amides is 1. The molecule has 0 fully saturated rings. The number of rotatable bonds is 6. The van der Waals surface area contributed by atoms with Crippen molar-refractivity contribution >= 4 is 16.8 Å². The smallest absolute Gasteiger partial charge is 0.252 e. The molecular weight excluding hydrogens is 372 g/mol. The largest absolute Gasteiger partial charge is 0.487 e. The van der Waals surface area contributed by atoms with Crippen LogP contribution in [0.4, 0.5) is 0 Å². The molecule has 0 bridgehead atoms. The van der Waals surface area contributed by atoms with Crippen molar-refractivity contribution < 1.29 is 9.53 Å². The van der Waals surface area contributed by atoms with Gasteiger partial charge in [0.25, 0.3) is 5.91 Å². The maximum Gasteiger partial charge on any atom is 0.252 e. The summed E-state index contributed by atoms with van der Waals surface area (Å²) in [5.41, 5.74) is 4.09. The van der Waals surface area contributed by atoms with Crippen LogP contribution in [0.5, 0.6) is 5.75 Å². The van der Waals surface area contributed by atoms with Gasteiger partial charge in [0.05, 0.1) is 11.1 Å². The molecule has 3 aromatic carbocycles. The van der Waals surface area contributed by atoms with Crippen molar-refractivity contribution in [3.05, 3.63) is 114 Å². The van der Waals surface area contributed by atoms with Crippen LogP contribution >= 0.6 is 0 Å². The number of ether oxygens (including phenoxy) is 1. The summed E-state index contributed by atoms with van der Waals surface area (Å²) in [6, 6.07) is 23.9. The Kier molecular flexibility index (Phi) is 4.40. The first kappa shape index (κ1) is 18.3. The third-order valence-corrected chi connectivity index (χ3v) is 5.78. The number of aromatic nitrogens is 1. The van der Waals surface area contributed by atoms with Crippen molar-refractivity contribution in [2.45, 2.75) is 18.6 Å². The molecule has 0 spiro atoms. The van der Waals surface area contributed by atoms with Crippen LogP contribution in [0.1, 0.15) is 33.5 Å². The Morgan fingerprint density at radius 1 is 0.933 bits per heavy atom. The number of benzene rings is 3. The van der Waals surface area contributed by atoms with E-state index in [0.717, 1.165) is 33.3 Å². The standard InChI is InChI=1S/C26H22N2O2/c1-2-15-26(21-13-7-6-11-20(21)25(29)28-26)22-16-27-24-19(22)12-8-14-23(24)30-17-18-9-4-3-5-10-18/h2-14,16,27H,1,15,17H2,(H,28,29)/t26-/m1/s1. The highest BCUT2D eigenvalue weighted by atomic mass is 16.5. The third kappa shape index (κ3) is 2.80. The van der Waals surface area contributed by atoms with Crippen LogP contribution in [0.15, 0.2) is 91.6 Å². The van der Waals surface area contributed by atoms with Crippen molar-refractivity contribution in [1.82, 2.24) is 10.3 Å². The van der Waals surface area contributed by atoms with Crippen molar-refractivity contribution in [2.75, 3.05) is 0 Å². The van der Waals surface area contributed by atoms with Gasteiger partial charge in [-0.25, -0.2) is 0 Å². The molecule has 1 amide bonds. The highest BCUT2D eigenvalue weighted by Crippen LogP contribution is 2.44. The summed E-state index contributed by atoms with van der Waals surface area (Å²) < 4.78 is 6.13. The van der Waals surface area contributed by atoms with Crippen LogP contribution < -0.4 is 10.1 Å². The van der Waals surface area contributed by atoms with Crippen LogP contribution in [0.3, 0.4) is 0 Å². The highest BCUT2D eigenvalue weighted by molar-refractivity contribution is 6.02. The quantitative estimate of drug-likeness (QED) is 0.436. The van der Waals surface area contributed by atoms with Gasteiger partial charge in [0.2, 0.25) is 0 Å². The van der Waals surface area contributed by atoms with E-state index in [2.05, 4.69) is 22.9 Å². The molecule has 1 aliphatic rings. The van der Waals surface area contributed by atoms with E-state index in [0.29, 0.717) is 18.6 Å². The molecule has 1 aromatic heterocycles. The Hall–Kier alpha value is -3.79. The van der Waals surface area contributed by atoms with E-state index >= 15 is 0 Å². The van der Waals surface area contributed by atoms with Crippen molar-refractivity contribution in [3.63, 3.8) is 0 Å². The first-order chi connectivity index (χ1) is 14.7. The van der Waals surface area contributed by atoms with Gasteiger partial charge in [-0.1, -0.05) is 66.7 Å². The van der Waals surface area contributed by atoms with Crippen LogP contribution in [0, 0.1) is 0 Å². The lowest BCUT2D eigenvalue weighted by Gasteiger charge is -2.29. The zero-order valence-electron chi connectivity index (χ0n) is 16.5. The van der Waals surface area contributed by atoms with Crippen LogP contribution in [-0.4, -0.2) is 10.9 Å². The van der Waals surface area contributed by atoms with Gasteiger partial charge in [0.15, 0.2) is 0 Å². The van der Waals surface area contributed by atoms with Crippen molar-refractivity contribution in [2.24, 2.45) is 0 Å². The fourth-order valence-corrected chi connectivity index (χ4v) is 4.42. The summed E-state index contributed by atoms with van der Waals surface area (Å²) in [6.45, 7) is 4.44. The first-order valence-corrected chi connectivity index (χ1v) is 10.0. The number of carbonyl (C=O) groups excluding carboxylic acids is 1. The maximum atomic E-state index is 12.7. The third-order valence-electron chi connectivity index (χ3n) is 5.78. The molecule has 0 saturated heterocycles. The predicted octanol–water partition coefficient (Wildman–Crippen LogP) is 5.31. The fraction of sp³-hybridized carbons (Fsp3) is 0.115. The second-order valence-electron chi connectivity index (χ2n) is 7.55. The summed E-state index contributed by atoms with van der Waals surface area (Å²) >= 11 is 0. The molecule has 0 unspecified atom stereocenters. The molecule has 1 aliphatic heterocycles. The number of carbonyl (C=O) groups is 1. The van der Waals surface area contributed by atoms with E-state index in [-0.39, 0.29) is 5.91 Å². The van der Waals surface area contributed by atoms with Gasteiger partial charge in [-0.3, -0.25) is 4.79 Å². The highest BCUT2D eigenvalue weighted by Gasteiger charge is 2.44. The van der Waals surface area contributed by atoms with Gasteiger partial charge in [0.1, 0.15) is 12.4 Å². The van der Waals surface area contributed by atoms with Gasteiger partial charge in [0, 0.05) is 22.7 Å². The number of hydrogen-bond donors (Lipinski definition) is 2. The number of aromatic amines is 1. The molecule has 2 heterocycles. The van der Waals surface area contributed by atoms with Crippen molar-refractivity contribution in [3.8, 4) is 5.75 Å². The van der Waals surface area contributed by atoms with Gasteiger partial charge < -0.3 is 15.0 Å². The molecule has 4 nitrogen and oxygen atoms in total. The molecule has 2 N–H and O–H groups in total.